The second-order valence-corrected chi connectivity index (χ2v) is 9.65. The molecule has 236 valence electrons. The van der Waals surface area contributed by atoms with Gasteiger partial charge in [-0.2, -0.15) is 13.2 Å². The van der Waals surface area contributed by atoms with Crippen LogP contribution in [0.5, 0.6) is 0 Å². The highest BCUT2D eigenvalue weighted by molar-refractivity contribution is 5.97. The number of amides is 1. The van der Waals surface area contributed by atoms with E-state index in [0.717, 1.165) is 27.5 Å². The van der Waals surface area contributed by atoms with Gasteiger partial charge in [0.05, 0.1) is 6.54 Å². The molecule has 7 N–H and O–H groups in total. The molecule has 14 heteroatoms. The molecule has 3 aromatic carbocycles. The molecule has 0 unspecified atom stereocenters. The van der Waals surface area contributed by atoms with Crippen molar-refractivity contribution in [3.63, 3.8) is 0 Å². The van der Waals surface area contributed by atoms with Gasteiger partial charge >= 0.3 is 18.1 Å². The molecule has 11 nitrogen and oxygen atoms in total. The number of guanidine groups is 1. The Morgan fingerprint density at radius 2 is 1.51 bits per heavy atom. The van der Waals surface area contributed by atoms with Gasteiger partial charge in [-0.15, -0.1) is 0 Å². The molecule has 4 aromatic rings. The molecule has 1 heterocycles. The lowest BCUT2D eigenvalue weighted by Crippen LogP contribution is -2.43. The summed E-state index contributed by atoms with van der Waals surface area (Å²) in [7, 11) is 0. The number of aliphatic imine (C=N–C) groups is 1. The monoisotopic (exact) mass is 625 g/mol. The maximum absolute atomic E-state index is 13.3. The predicted molar refractivity (Wildman–Crippen MR) is 162 cm³/mol. The number of rotatable bonds is 10. The van der Waals surface area contributed by atoms with E-state index in [1.54, 1.807) is 12.3 Å². The van der Waals surface area contributed by atoms with E-state index in [0.29, 0.717) is 6.42 Å². The number of nitrogens with one attached hydrogen (secondary N) is 1. The van der Waals surface area contributed by atoms with Crippen molar-refractivity contribution in [1.29, 1.82) is 0 Å². The number of benzene rings is 3. The Labute approximate surface area is 254 Å². The molecule has 0 saturated carbocycles. The number of carbonyl (C=O) groups excluding carboxylic acids is 1. The van der Waals surface area contributed by atoms with Gasteiger partial charge in [-0.25, -0.2) is 9.59 Å². The summed E-state index contributed by atoms with van der Waals surface area (Å²) in [6.07, 6.45) is -3.01. The third-order valence-corrected chi connectivity index (χ3v) is 6.49. The Morgan fingerprint density at radius 3 is 2.18 bits per heavy atom. The molecule has 0 fully saturated rings. The van der Waals surface area contributed by atoms with E-state index in [2.05, 4.69) is 28.5 Å². The first-order chi connectivity index (χ1) is 21.3. The standard InChI is InChI=1S/C29H29N5O4.C2HF3O2/c30-29(31)32-16-6-15-25(28(37)38)33-26(35)24-14-7-17-34(27(24)36)18-20-9-2-4-12-22(20)23-13-5-10-19-8-1-3-11-21(19)23;3-2(4,5)1(6)7/h1-5,7-14,17,25H,6,15-16,18H2,(H,33,35)(H,37,38)(H4,30,31,32);(H,6,7)/t25-;/m0./s1. The number of pyridine rings is 1. The van der Waals surface area contributed by atoms with Gasteiger partial charge in [-0.05, 0) is 52.4 Å². The lowest BCUT2D eigenvalue weighted by molar-refractivity contribution is -0.192. The molecule has 0 bridgehead atoms. The number of halogens is 3. The highest BCUT2D eigenvalue weighted by atomic mass is 19.4. The Kier molecular flexibility index (Phi) is 11.4. The van der Waals surface area contributed by atoms with Gasteiger partial charge in [0, 0.05) is 12.7 Å². The Bertz CT molecular complexity index is 1760. The minimum Gasteiger partial charge on any atom is -0.480 e. The Balaban J connectivity index is 0.000000707. The SMILES string of the molecule is NC(N)=NCCC[C@H](NC(=O)c1cccn(Cc2ccccc2-c2cccc3ccccc23)c1=O)C(=O)O.O=C(O)C(F)(F)F. The van der Waals surface area contributed by atoms with Crippen LogP contribution in [0.15, 0.2) is 94.8 Å². The van der Waals surface area contributed by atoms with Gasteiger partial charge in [0.25, 0.3) is 11.5 Å². The number of aliphatic carboxylic acids is 2. The van der Waals surface area contributed by atoms with Gasteiger partial charge < -0.3 is 31.6 Å². The summed E-state index contributed by atoms with van der Waals surface area (Å²) in [6.45, 7) is 0.469. The molecule has 0 radical (unpaired) electrons. The third kappa shape index (κ3) is 9.41. The number of nitrogens with zero attached hydrogens (tertiary/aromatic N) is 2. The minimum atomic E-state index is -5.08. The lowest BCUT2D eigenvalue weighted by Gasteiger charge is -2.16. The van der Waals surface area contributed by atoms with Crippen molar-refractivity contribution >= 4 is 34.6 Å². The molecule has 45 heavy (non-hydrogen) atoms. The molecule has 4 rings (SSSR count). The summed E-state index contributed by atoms with van der Waals surface area (Å²) in [6, 6.07) is 23.8. The molecule has 1 aromatic heterocycles. The first-order valence-electron chi connectivity index (χ1n) is 13.4. The number of hydrogen-bond donors (Lipinski definition) is 5. The summed E-state index contributed by atoms with van der Waals surface area (Å²) in [5, 5.41) is 21.3. The van der Waals surface area contributed by atoms with Crippen LogP contribution in [0, 0.1) is 0 Å². The molecule has 0 aliphatic rings. The topological polar surface area (TPSA) is 190 Å². The van der Waals surface area contributed by atoms with Crippen molar-refractivity contribution in [3.05, 3.63) is 107 Å². The average Bonchev–Trinajstić information content (AvgIpc) is 2.99. The van der Waals surface area contributed by atoms with Crippen LogP contribution in [-0.2, 0) is 16.1 Å². The first kappa shape index (κ1) is 33.8. The predicted octanol–water partition coefficient (Wildman–Crippen LogP) is 3.59. The summed E-state index contributed by atoms with van der Waals surface area (Å²) >= 11 is 0. The summed E-state index contributed by atoms with van der Waals surface area (Å²) in [4.78, 5) is 50.6. The maximum atomic E-state index is 13.3. The summed E-state index contributed by atoms with van der Waals surface area (Å²) in [5.41, 5.74) is 12.9. The van der Waals surface area contributed by atoms with E-state index in [-0.39, 0.29) is 31.0 Å². The quantitative estimate of drug-likeness (QED) is 0.100. The van der Waals surface area contributed by atoms with E-state index < -0.39 is 35.6 Å². The van der Waals surface area contributed by atoms with Crippen molar-refractivity contribution in [2.45, 2.75) is 31.6 Å². The van der Waals surface area contributed by atoms with Crippen LogP contribution in [0.25, 0.3) is 21.9 Å². The minimum absolute atomic E-state index is 0.0900. The van der Waals surface area contributed by atoms with Gasteiger partial charge in [-0.3, -0.25) is 14.6 Å². The van der Waals surface area contributed by atoms with E-state index in [1.807, 2.05) is 48.5 Å². The third-order valence-electron chi connectivity index (χ3n) is 6.49. The van der Waals surface area contributed by atoms with Crippen LogP contribution < -0.4 is 22.3 Å². The molecule has 0 aliphatic carbocycles. The average molecular weight is 626 g/mol. The number of fused-ring (bicyclic) bond motifs is 1. The van der Waals surface area contributed by atoms with Crippen LogP contribution in [0.4, 0.5) is 13.2 Å². The number of aromatic nitrogens is 1. The lowest BCUT2D eigenvalue weighted by atomic mass is 9.94. The smallest absolute Gasteiger partial charge is 0.480 e. The van der Waals surface area contributed by atoms with E-state index in [4.69, 9.17) is 21.4 Å². The second-order valence-electron chi connectivity index (χ2n) is 9.65. The van der Waals surface area contributed by atoms with E-state index in [9.17, 15) is 32.7 Å². The van der Waals surface area contributed by atoms with Crippen LogP contribution in [0.2, 0.25) is 0 Å². The molecule has 0 spiro atoms. The Morgan fingerprint density at radius 1 is 0.889 bits per heavy atom. The second kappa shape index (κ2) is 15.2. The fourth-order valence-electron chi connectivity index (χ4n) is 4.40. The number of alkyl halides is 3. The number of carbonyl (C=O) groups is 3. The first-order valence-corrected chi connectivity index (χ1v) is 13.4. The molecule has 0 saturated heterocycles. The molecule has 1 atom stereocenters. The zero-order valence-corrected chi connectivity index (χ0v) is 23.7. The highest BCUT2D eigenvalue weighted by Gasteiger charge is 2.38. The highest BCUT2D eigenvalue weighted by Crippen LogP contribution is 2.31. The molecular weight excluding hydrogens is 595 g/mol. The molecular formula is C31H30F3N5O6. The van der Waals surface area contributed by atoms with Crippen LogP contribution >= 0.6 is 0 Å². The van der Waals surface area contributed by atoms with Crippen LogP contribution in [0.3, 0.4) is 0 Å². The number of nitrogens with two attached hydrogens (primary N) is 2. The zero-order valence-electron chi connectivity index (χ0n) is 23.7. The number of hydrogen-bond acceptors (Lipinski definition) is 5. The van der Waals surface area contributed by atoms with E-state index in [1.165, 1.54) is 10.6 Å². The van der Waals surface area contributed by atoms with Crippen LogP contribution in [0.1, 0.15) is 28.8 Å². The molecule has 1 amide bonds. The van der Waals surface area contributed by atoms with Gasteiger partial charge in [0.15, 0.2) is 5.96 Å². The zero-order chi connectivity index (χ0) is 33.1. The van der Waals surface area contributed by atoms with Gasteiger partial charge in [-0.1, -0.05) is 66.7 Å². The van der Waals surface area contributed by atoms with Gasteiger partial charge in [0.2, 0.25) is 0 Å². The normalized spacial score (nSPS) is 11.5. The van der Waals surface area contributed by atoms with Crippen molar-refractivity contribution in [2.75, 3.05) is 6.54 Å². The maximum Gasteiger partial charge on any atom is 0.490 e. The van der Waals surface area contributed by atoms with Crippen LogP contribution in [-0.4, -0.2) is 57.3 Å². The largest absolute Gasteiger partial charge is 0.490 e. The van der Waals surface area contributed by atoms with Crippen molar-refractivity contribution in [1.82, 2.24) is 9.88 Å². The number of carboxylic acid groups (broad SMARTS) is 2. The van der Waals surface area contributed by atoms with Crippen molar-refractivity contribution in [2.24, 2.45) is 16.5 Å². The fourth-order valence-corrected chi connectivity index (χ4v) is 4.40. The summed E-state index contributed by atoms with van der Waals surface area (Å²) < 4.78 is 33.2. The van der Waals surface area contributed by atoms with Gasteiger partial charge in [0.1, 0.15) is 11.6 Å². The van der Waals surface area contributed by atoms with E-state index >= 15 is 0 Å². The summed E-state index contributed by atoms with van der Waals surface area (Å²) in [5.74, 6) is -4.80. The Hall–Kier alpha value is -5.66. The fraction of sp³-hybridized carbons (Fsp3) is 0.194. The van der Waals surface area contributed by atoms with Crippen molar-refractivity contribution in [3.8, 4) is 11.1 Å². The molecule has 0 aliphatic heterocycles. The van der Waals surface area contributed by atoms with Crippen molar-refractivity contribution < 1.29 is 37.8 Å². The number of carboxylic acids is 2.